The van der Waals surface area contributed by atoms with Crippen molar-refractivity contribution in [1.29, 1.82) is 0 Å². The Labute approximate surface area is 216 Å². The minimum absolute atomic E-state index is 0.356. The summed E-state index contributed by atoms with van der Waals surface area (Å²) in [6.45, 7) is 13.5. The first-order valence-corrected chi connectivity index (χ1v) is 16.5. The third kappa shape index (κ3) is 6.24. The molecule has 0 bridgehead atoms. The number of thiazole rings is 1. The van der Waals surface area contributed by atoms with E-state index >= 15 is 0 Å². The number of carbonyl (C=O) groups excluding carboxylic acids is 1. The Balaban J connectivity index is 1.73. The smallest absolute Gasteiger partial charge is 0.413 e. The van der Waals surface area contributed by atoms with Crippen LogP contribution in [0.1, 0.15) is 20.8 Å². The van der Waals surface area contributed by atoms with Gasteiger partial charge in [-0.2, -0.15) is 0 Å². The lowest BCUT2D eigenvalue weighted by atomic mass is 10.0. The van der Waals surface area contributed by atoms with Gasteiger partial charge in [0, 0.05) is 43.5 Å². The first kappa shape index (κ1) is 26.1. The summed E-state index contributed by atoms with van der Waals surface area (Å²) in [4.78, 5) is 21.5. The average molecular weight is 527 g/mol. The van der Waals surface area contributed by atoms with E-state index in [0.29, 0.717) is 24.8 Å². The van der Waals surface area contributed by atoms with E-state index in [1.807, 2.05) is 49.2 Å². The molecule has 4 rings (SSSR count). The number of hydrogen-bond acceptors (Lipinski definition) is 7. The summed E-state index contributed by atoms with van der Waals surface area (Å²) in [7, 11) is 0.455. The van der Waals surface area contributed by atoms with Crippen molar-refractivity contribution in [1.82, 2.24) is 14.5 Å². The molecule has 8 nitrogen and oxygen atoms in total. The molecule has 0 aliphatic heterocycles. The Kier molecular flexibility index (Phi) is 7.40. The average Bonchev–Trinajstić information content (AvgIpc) is 3.37. The highest BCUT2D eigenvalue weighted by Gasteiger charge is 2.20. The first-order valence-electron chi connectivity index (χ1n) is 11.9. The number of nitrogens with one attached hydrogen (secondary N) is 1. The van der Waals surface area contributed by atoms with Crippen molar-refractivity contribution in [2.24, 2.45) is 0 Å². The van der Waals surface area contributed by atoms with Crippen LogP contribution in [0, 0.1) is 0 Å². The number of pyridine rings is 1. The topological polar surface area (TPSA) is 87.5 Å². The summed E-state index contributed by atoms with van der Waals surface area (Å²) in [6, 6.07) is 8.88. The number of aromatic nitrogens is 3. The maximum atomic E-state index is 12.3. The van der Waals surface area contributed by atoms with Gasteiger partial charge in [-0.25, -0.2) is 14.8 Å². The Morgan fingerprint density at radius 2 is 1.94 bits per heavy atom. The molecule has 0 aliphatic rings. The predicted octanol–water partition coefficient (Wildman–Crippen LogP) is 6.98. The van der Waals surface area contributed by atoms with Gasteiger partial charge in [0.15, 0.2) is 0 Å². The van der Waals surface area contributed by atoms with Crippen molar-refractivity contribution >= 4 is 52.6 Å². The molecule has 0 radical (unpaired) electrons. The fourth-order valence-electron chi connectivity index (χ4n) is 3.76. The predicted molar refractivity (Wildman–Crippen MR) is 149 cm³/mol. The number of methoxy groups -OCH3 is 1. The largest absolute Gasteiger partial charge is 0.496 e. The van der Waals surface area contributed by atoms with Gasteiger partial charge < -0.3 is 18.8 Å². The molecule has 1 aromatic carbocycles. The zero-order valence-electron chi connectivity index (χ0n) is 22.0. The third-order valence-electron chi connectivity index (χ3n) is 5.52. The van der Waals surface area contributed by atoms with E-state index in [1.54, 1.807) is 24.5 Å². The zero-order chi connectivity index (χ0) is 26.1. The summed E-state index contributed by atoms with van der Waals surface area (Å²) in [5.41, 5.74) is 4.77. The summed E-state index contributed by atoms with van der Waals surface area (Å²) < 4.78 is 20.2. The van der Waals surface area contributed by atoms with Crippen molar-refractivity contribution in [3.63, 3.8) is 0 Å². The van der Waals surface area contributed by atoms with E-state index in [9.17, 15) is 4.79 Å². The number of fused-ring (bicyclic) bond motifs is 2. The van der Waals surface area contributed by atoms with Gasteiger partial charge in [-0.05, 0) is 45.0 Å². The van der Waals surface area contributed by atoms with E-state index < -0.39 is 19.8 Å². The summed E-state index contributed by atoms with van der Waals surface area (Å²) in [5.74, 6) is 1.15. The molecule has 0 saturated heterocycles. The van der Waals surface area contributed by atoms with E-state index in [1.165, 1.54) is 0 Å². The van der Waals surface area contributed by atoms with Gasteiger partial charge in [-0.3, -0.25) is 5.32 Å². The fraction of sp³-hybridized carbons (Fsp3) is 0.423. The van der Waals surface area contributed by atoms with Gasteiger partial charge >= 0.3 is 6.09 Å². The van der Waals surface area contributed by atoms with Crippen LogP contribution in [0.3, 0.4) is 0 Å². The number of anilines is 1. The normalized spacial score (nSPS) is 12.3. The number of benzene rings is 1. The van der Waals surface area contributed by atoms with Crippen LogP contribution in [0.5, 0.6) is 5.75 Å². The summed E-state index contributed by atoms with van der Waals surface area (Å²) >= 11 is 1.59. The maximum absolute atomic E-state index is 12.3. The highest BCUT2D eigenvalue weighted by atomic mass is 32.1. The van der Waals surface area contributed by atoms with Crippen LogP contribution in [0.15, 0.2) is 36.0 Å². The Morgan fingerprint density at radius 1 is 1.17 bits per heavy atom. The van der Waals surface area contributed by atoms with Gasteiger partial charge in [0.1, 0.15) is 29.5 Å². The van der Waals surface area contributed by atoms with Crippen LogP contribution in [0.4, 0.5) is 10.6 Å². The molecule has 0 spiro atoms. The Hall–Kier alpha value is -2.95. The lowest BCUT2D eigenvalue weighted by Gasteiger charge is -2.19. The SMILES string of the molecule is COc1cc2ncsc2cc1-c1cn(COCC[Si](C)(C)C)c2nc(NC(=O)OC(C)(C)C)ccc12. The molecule has 192 valence electrons. The van der Waals surface area contributed by atoms with Crippen LogP contribution < -0.4 is 10.1 Å². The number of rotatable bonds is 8. The highest BCUT2D eigenvalue weighted by Crippen LogP contribution is 2.39. The van der Waals surface area contributed by atoms with Crippen molar-refractivity contribution in [3.05, 3.63) is 36.0 Å². The zero-order valence-corrected chi connectivity index (χ0v) is 23.8. The molecule has 3 aromatic heterocycles. The van der Waals surface area contributed by atoms with Crippen LogP contribution in [0.25, 0.3) is 32.4 Å². The Bertz CT molecular complexity index is 1380. The molecule has 36 heavy (non-hydrogen) atoms. The molecule has 0 unspecified atom stereocenters. The highest BCUT2D eigenvalue weighted by molar-refractivity contribution is 7.16. The van der Waals surface area contributed by atoms with Crippen molar-refractivity contribution in [2.75, 3.05) is 19.0 Å². The fourth-order valence-corrected chi connectivity index (χ4v) is 5.21. The molecule has 0 fully saturated rings. The van der Waals surface area contributed by atoms with Crippen molar-refractivity contribution in [3.8, 4) is 16.9 Å². The van der Waals surface area contributed by atoms with Gasteiger partial charge in [-0.1, -0.05) is 19.6 Å². The number of carbonyl (C=O) groups is 1. The van der Waals surface area contributed by atoms with Crippen LogP contribution in [0.2, 0.25) is 25.7 Å². The second-order valence-corrected chi connectivity index (χ2v) is 17.4. The first-order chi connectivity index (χ1) is 16.9. The van der Waals surface area contributed by atoms with E-state index in [4.69, 9.17) is 19.2 Å². The van der Waals surface area contributed by atoms with Gasteiger partial charge in [0.05, 0.1) is 22.8 Å². The standard InChI is InChI=1S/C26H34N4O4SSi/c1-26(2,3)34-25(31)29-23-9-8-17-19(18-12-22-20(27-15-35-22)13-21(18)32-4)14-30(24(17)28-23)16-33-10-11-36(5,6)7/h8-9,12-15H,10-11,16H2,1-7H3,(H,28,29,31). The second kappa shape index (κ2) is 10.2. The lowest BCUT2D eigenvalue weighted by Crippen LogP contribution is -2.27. The molecular formula is C26H34N4O4SSi. The molecule has 10 heteroatoms. The molecule has 0 atom stereocenters. The minimum atomic E-state index is -1.21. The molecule has 0 aliphatic carbocycles. The summed E-state index contributed by atoms with van der Waals surface area (Å²) in [6.07, 6.45) is 1.49. The third-order valence-corrected chi connectivity index (χ3v) is 8.02. The number of ether oxygens (including phenoxy) is 3. The quantitative estimate of drug-likeness (QED) is 0.197. The van der Waals surface area contributed by atoms with Gasteiger partial charge in [0.2, 0.25) is 0 Å². The maximum Gasteiger partial charge on any atom is 0.413 e. The molecule has 0 saturated carbocycles. The monoisotopic (exact) mass is 526 g/mol. The van der Waals surface area contributed by atoms with Crippen LogP contribution in [-0.4, -0.2) is 48.0 Å². The van der Waals surface area contributed by atoms with E-state index in [0.717, 1.165) is 38.5 Å². The molecule has 1 N–H and O–H groups in total. The molecule has 4 aromatic rings. The number of hydrogen-bond donors (Lipinski definition) is 1. The van der Waals surface area contributed by atoms with Crippen molar-refractivity contribution < 1.29 is 19.0 Å². The summed E-state index contributed by atoms with van der Waals surface area (Å²) in [5, 5.41) is 3.68. The Morgan fingerprint density at radius 3 is 2.64 bits per heavy atom. The second-order valence-electron chi connectivity index (χ2n) is 10.9. The van der Waals surface area contributed by atoms with E-state index in [-0.39, 0.29) is 0 Å². The molecular weight excluding hydrogens is 492 g/mol. The number of nitrogens with zero attached hydrogens (tertiary/aromatic N) is 3. The van der Waals surface area contributed by atoms with E-state index in [2.05, 4.69) is 36.0 Å². The molecule has 1 amide bonds. The van der Waals surface area contributed by atoms with Crippen LogP contribution >= 0.6 is 11.3 Å². The number of amides is 1. The van der Waals surface area contributed by atoms with Crippen molar-refractivity contribution in [2.45, 2.75) is 58.8 Å². The van der Waals surface area contributed by atoms with Gasteiger partial charge in [0.25, 0.3) is 0 Å². The van der Waals surface area contributed by atoms with Crippen LogP contribution in [-0.2, 0) is 16.2 Å². The molecule has 3 heterocycles. The minimum Gasteiger partial charge on any atom is -0.496 e. The lowest BCUT2D eigenvalue weighted by molar-refractivity contribution is 0.0635. The van der Waals surface area contributed by atoms with Gasteiger partial charge in [-0.15, -0.1) is 11.3 Å².